The van der Waals surface area contributed by atoms with Crippen molar-refractivity contribution in [3.8, 4) is 5.75 Å². The topological polar surface area (TPSA) is 101 Å². The molecule has 0 bridgehead atoms. The molecule has 1 aromatic carbocycles. The Hall–Kier alpha value is -3.33. The molecule has 1 saturated heterocycles. The number of aromatic nitrogens is 3. The first-order valence-electron chi connectivity index (χ1n) is 10.4. The van der Waals surface area contributed by atoms with E-state index in [1.54, 1.807) is 20.3 Å². The van der Waals surface area contributed by atoms with Crippen LogP contribution in [0.3, 0.4) is 0 Å². The van der Waals surface area contributed by atoms with Crippen LogP contribution < -0.4 is 20.5 Å². The molecule has 3 heterocycles. The van der Waals surface area contributed by atoms with Gasteiger partial charge in [0.05, 0.1) is 20.3 Å². The van der Waals surface area contributed by atoms with Crippen molar-refractivity contribution in [2.75, 3.05) is 38.8 Å². The van der Waals surface area contributed by atoms with E-state index in [1.165, 1.54) is 10.7 Å². The molecule has 164 valence electrons. The molecule has 1 atom stereocenters. The largest absolute Gasteiger partial charge is 0.497 e. The highest BCUT2D eigenvalue weighted by molar-refractivity contribution is 5.98. The lowest BCUT2D eigenvalue weighted by molar-refractivity contribution is 0.0929. The number of piperidine rings is 1. The molecule has 3 aromatic rings. The smallest absolute Gasteiger partial charge is 0.268 e. The SMILES string of the molecule is COCCn1nc(N2CCCC(NC(=O)c3cc4ccc(OC)cc4[nH]3)C2)ccc1=O. The van der Waals surface area contributed by atoms with E-state index in [1.807, 2.05) is 24.3 Å². The fraction of sp³-hybridized carbons (Fsp3) is 0.409. The van der Waals surface area contributed by atoms with Gasteiger partial charge in [-0.1, -0.05) is 0 Å². The average Bonchev–Trinajstić information content (AvgIpc) is 3.22. The van der Waals surface area contributed by atoms with Crippen LogP contribution in [0.4, 0.5) is 5.82 Å². The molecule has 2 N–H and O–H groups in total. The number of methoxy groups -OCH3 is 2. The number of rotatable bonds is 7. The van der Waals surface area contributed by atoms with Crippen LogP contribution in [0.2, 0.25) is 0 Å². The summed E-state index contributed by atoms with van der Waals surface area (Å²) in [6.45, 7) is 2.29. The van der Waals surface area contributed by atoms with Gasteiger partial charge in [0.1, 0.15) is 17.3 Å². The quantitative estimate of drug-likeness (QED) is 0.598. The molecule has 9 nitrogen and oxygen atoms in total. The maximum Gasteiger partial charge on any atom is 0.268 e. The van der Waals surface area contributed by atoms with Crippen molar-refractivity contribution in [1.29, 1.82) is 0 Å². The van der Waals surface area contributed by atoms with Crippen LogP contribution >= 0.6 is 0 Å². The lowest BCUT2D eigenvalue weighted by Crippen LogP contribution is -2.48. The molecule has 1 unspecified atom stereocenters. The number of carbonyl (C=O) groups is 1. The van der Waals surface area contributed by atoms with Gasteiger partial charge in [-0.2, -0.15) is 5.10 Å². The lowest BCUT2D eigenvalue weighted by Gasteiger charge is -2.33. The normalized spacial score (nSPS) is 16.5. The summed E-state index contributed by atoms with van der Waals surface area (Å²) < 4.78 is 11.7. The van der Waals surface area contributed by atoms with Crippen molar-refractivity contribution in [3.63, 3.8) is 0 Å². The fourth-order valence-corrected chi connectivity index (χ4v) is 3.87. The molecule has 1 amide bonds. The van der Waals surface area contributed by atoms with E-state index in [9.17, 15) is 9.59 Å². The van der Waals surface area contributed by atoms with Crippen LogP contribution in [0.25, 0.3) is 10.9 Å². The predicted octanol–water partition coefficient (Wildman–Crippen LogP) is 1.78. The number of nitrogens with zero attached hydrogens (tertiary/aromatic N) is 3. The fourth-order valence-electron chi connectivity index (χ4n) is 3.87. The van der Waals surface area contributed by atoms with Crippen LogP contribution in [0.15, 0.2) is 41.2 Å². The second kappa shape index (κ2) is 9.22. The number of fused-ring (bicyclic) bond motifs is 1. The monoisotopic (exact) mass is 425 g/mol. The van der Waals surface area contributed by atoms with Gasteiger partial charge in [-0.15, -0.1) is 0 Å². The van der Waals surface area contributed by atoms with Gasteiger partial charge in [-0.3, -0.25) is 9.59 Å². The second-order valence-corrected chi connectivity index (χ2v) is 7.64. The van der Waals surface area contributed by atoms with Crippen LogP contribution in [0, 0.1) is 0 Å². The molecule has 2 aromatic heterocycles. The Morgan fingerprint density at radius 3 is 2.94 bits per heavy atom. The van der Waals surface area contributed by atoms with E-state index >= 15 is 0 Å². The third-order valence-corrected chi connectivity index (χ3v) is 5.51. The molecular formula is C22H27N5O4. The number of carbonyl (C=O) groups excluding carboxylic acids is 1. The van der Waals surface area contributed by atoms with E-state index in [2.05, 4.69) is 20.3 Å². The maximum absolute atomic E-state index is 12.8. The third kappa shape index (κ3) is 4.72. The number of hydrogen-bond donors (Lipinski definition) is 2. The van der Waals surface area contributed by atoms with Gasteiger partial charge in [0.25, 0.3) is 11.5 Å². The second-order valence-electron chi connectivity index (χ2n) is 7.64. The molecule has 0 spiro atoms. The van der Waals surface area contributed by atoms with Crippen LogP contribution in [-0.2, 0) is 11.3 Å². The molecule has 4 rings (SSSR count). The minimum atomic E-state index is -0.155. The molecule has 0 aliphatic carbocycles. The van der Waals surface area contributed by atoms with Gasteiger partial charge >= 0.3 is 0 Å². The standard InChI is InChI=1S/C22H27N5O4/c1-30-11-10-27-21(28)8-7-20(25-27)26-9-3-4-16(14-26)23-22(29)19-12-15-5-6-17(31-2)13-18(15)24-19/h5-8,12-13,16,24H,3-4,9-11,14H2,1-2H3,(H,23,29). The summed E-state index contributed by atoms with van der Waals surface area (Å²) in [5, 5.41) is 8.55. The zero-order chi connectivity index (χ0) is 21.8. The summed E-state index contributed by atoms with van der Waals surface area (Å²) in [4.78, 5) is 30.1. The van der Waals surface area contributed by atoms with Crippen LogP contribution in [0.1, 0.15) is 23.3 Å². The van der Waals surface area contributed by atoms with Gasteiger partial charge in [0.2, 0.25) is 0 Å². The first-order valence-corrected chi connectivity index (χ1v) is 10.4. The number of ether oxygens (including phenoxy) is 2. The Morgan fingerprint density at radius 1 is 1.26 bits per heavy atom. The highest BCUT2D eigenvalue weighted by Crippen LogP contribution is 2.22. The Kier molecular flexibility index (Phi) is 6.22. The average molecular weight is 425 g/mol. The summed E-state index contributed by atoms with van der Waals surface area (Å²) in [7, 11) is 3.21. The van der Waals surface area contributed by atoms with Gasteiger partial charge in [-0.05, 0) is 37.1 Å². The maximum atomic E-state index is 12.8. The van der Waals surface area contributed by atoms with Crippen LogP contribution in [0.5, 0.6) is 5.75 Å². The molecule has 0 radical (unpaired) electrons. The van der Waals surface area contributed by atoms with Gasteiger partial charge in [0.15, 0.2) is 0 Å². The van der Waals surface area contributed by atoms with Crippen molar-refractivity contribution in [2.45, 2.75) is 25.4 Å². The zero-order valence-corrected chi connectivity index (χ0v) is 17.8. The highest BCUT2D eigenvalue weighted by atomic mass is 16.5. The zero-order valence-electron chi connectivity index (χ0n) is 17.8. The van der Waals surface area contributed by atoms with E-state index in [0.717, 1.165) is 41.9 Å². The van der Waals surface area contributed by atoms with Crippen molar-refractivity contribution < 1.29 is 14.3 Å². The molecule has 1 aliphatic heterocycles. The van der Waals surface area contributed by atoms with Crippen molar-refractivity contribution >= 4 is 22.6 Å². The van der Waals surface area contributed by atoms with E-state index in [-0.39, 0.29) is 17.5 Å². The molecule has 9 heteroatoms. The third-order valence-electron chi connectivity index (χ3n) is 5.51. The lowest BCUT2D eigenvalue weighted by atomic mass is 10.1. The first-order chi connectivity index (χ1) is 15.1. The Labute approximate surface area is 180 Å². The molecule has 1 fully saturated rings. The number of amides is 1. The highest BCUT2D eigenvalue weighted by Gasteiger charge is 2.24. The summed E-state index contributed by atoms with van der Waals surface area (Å²) in [5.74, 6) is 1.33. The number of nitrogens with one attached hydrogen (secondary N) is 2. The van der Waals surface area contributed by atoms with Gasteiger partial charge < -0.3 is 24.7 Å². The number of aromatic amines is 1. The predicted molar refractivity (Wildman–Crippen MR) is 118 cm³/mol. The van der Waals surface area contributed by atoms with E-state index in [0.29, 0.717) is 25.4 Å². The molecular weight excluding hydrogens is 398 g/mol. The summed E-state index contributed by atoms with van der Waals surface area (Å²) in [5.41, 5.74) is 1.22. The number of hydrogen-bond acceptors (Lipinski definition) is 6. The number of H-pyrrole nitrogens is 1. The Morgan fingerprint density at radius 2 is 2.13 bits per heavy atom. The molecule has 31 heavy (non-hydrogen) atoms. The minimum absolute atomic E-state index is 0.0108. The number of anilines is 1. The van der Waals surface area contributed by atoms with Crippen molar-refractivity contribution in [1.82, 2.24) is 20.1 Å². The molecule has 1 aliphatic rings. The molecule has 0 saturated carbocycles. The first kappa shape index (κ1) is 20.9. The van der Waals surface area contributed by atoms with Gasteiger partial charge in [-0.25, -0.2) is 4.68 Å². The van der Waals surface area contributed by atoms with Crippen molar-refractivity contribution in [2.24, 2.45) is 0 Å². The minimum Gasteiger partial charge on any atom is -0.497 e. The summed E-state index contributed by atoms with van der Waals surface area (Å²) in [6.07, 6.45) is 1.81. The Balaban J connectivity index is 1.44. The summed E-state index contributed by atoms with van der Waals surface area (Å²) >= 11 is 0. The Bertz CT molecular complexity index is 1120. The van der Waals surface area contributed by atoms with E-state index in [4.69, 9.17) is 9.47 Å². The van der Waals surface area contributed by atoms with Gasteiger partial charge in [0, 0.05) is 49.3 Å². The van der Waals surface area contributed by atoms with Crippen molar-refractivity contribution in [3.05, 3.63) is 52.4 Å². The van der Waals surface area contributed by atoms with E-state index < -0.39 is 0 Å². The summed E-state index contributed by atoms with van der Waals surface area (Å²) in [6, 6.07) is 10.8. The van der Waals surface area contributed by atoms with Crippen LogP contribution in [-0.4, -0.2) is 60.6 Å². The number of benzene rings is 1.